The number of aryl methyl sites for hydroxylation is 1. The topological polar surface area (TPSA) is 22.0 Å². The SMILES string of the molecule is CCC(C)c1c(CC(C)C)cn(C)c1C=O. The highest BCUT2D eigenvalue weighted by atomic mass is 16.1. The summed E-state index contributed by atoms with van der Waals surface area (Å²) >= 11 is 0. The number of carbonyl (C=O) groups is 1. The third kappa shape index (κ3) is 2.55. The van der Waals surface area contributed by atoms with E-state index < -0.39 is 0 Å². The zero-order chi connectivity index (χ0) is 12.3. The molecule has 0 aromatic carbocycles. The van der Waals surface area contributed by atoms with Gasteiger partial charge in [-0.2, -0.15) is 0 Å². The minimum atomic E-state index is 0.468. The molecular weight excluding hydrogens is 198 g/mol. The van der Waals surface area contributed by atoms with E-state index in [1.807, 2.05) is 11.6 Å². The molecule has 90 valence electrons. The van der Waals surface area contributed by atoms with Crippen molar-refractivity contribution in [3.63, 3.8) is 0 Å². The van der Waals surface area contributed by atoms with Crippen LogP contribution in [0, 0.1) is 5.92 Å². The molecule has 1 heterocycles. The number of nitrogens with zero attached hydrogens (tertiary/aromatic N) is 1. The molecule has 0 radical (unpaired) electrons. The summed E-state index contributed by atoms with van der Waals surface area (Å²) in [5.41, 5.74) is 3.45. The molecule has 0 saturated carbocycles. The Morgan fingerprint density at radius 1 is 1.38 bits per heavy atom. The number of carbonyl (C=O) groups excluding carboxylic acids is 1. The van der Waals surface area contributed by atoms with E-state index in [4.69, 9.17) is 0 Å². The molecule has 2 nitrogen and oxygen atoms in total. The molecule has 0 aliphatic heterocycles. The summed E-state index contributed by atoms with van der Waals surface area (Å²) in [6.07, 6.45) is 5.24. The third-order valence-corrected chi connectivity index (χ3v) is 3.20. The fraction of sp³-hybridized carbons (Fsp3) is 0.643. The van der Waals surface area contributed by atoms with Crippen LogP contribution in [0.4, 0.5) is 0 Å². The molecule has 1 aromatic heterocycles. The molecule has 1 aromatic rings. The van der Waals surface area contributed by atoms with Crippen molar-refractivity contribution in [2.75, 3.05) is 0 Å². The van der Waals surface area contributed by atoms with Gasteiger partial charge in [-0.15, -0.1) is 0 Å². The minimum absolute atomic E-state index is 0.468. The van der Waals surface area contributed by atoms with Crippen LogP contribution < -0.4 is 0 Å². The molecule has 0 fully saturated rings. The summed E-state index contributed by atoms with van der Waals surface area (Å²) in [5.74, 6) is 1.10. The predicted octanol–water partition coefficient (Wildman–Crippen LogP) is 3.55. The number of hydrogen-bond donors (Lipinski definition) is 0. The molecule has 0 aliphatic carbocycles. The van der Waals surface area contributed by atoms with Crippen LogP contribution in [0.15, 0.2) is 6.20 Å². The van der Waals surface area contributed by atoms with Gasteiger partial charge < -0.3 is 4.57 Å². The van der Waals surface area contributed by atoms with Gasteiger partial charge in [0.15, 0.2) is 6.29 Å². The van der Waals surface area contributed by atoms with Gasteiger partial charge in [0, 0.05) is 13.2 Å². The Kier molecular flexibility index (Phi) is 4.34. The smallest absolute Gasteiger partial charge is 0.166 e. The first-order valence-electron chi connectivity index (χ1n) is 6.14. The molecule has 0 bridgehead atoms. The molecule has 0 spiro atoms. The molecule has 1 unspecified atom stereocenters. The minimum Gasteiger partial charge on any atom is -0.348 e. The molecule has 0 saturated heterocycles. The zero-order valence-corrected chi connectivity index (χ0v) is 11.1. The summed E-state index contributed by atoms with van der Waals surface area (Å²) in [7, 11) is 1.96. The third-order valence-electron chi connectivity index (χ3n) is 3.20. The van der Waals surface area contributed by atoms with Gasteiger partial charge in [-0.05, 0) is 35.8 Å². The summed E-state index contributed by atoms with van der Waals surface area (Å²) in [5, 5.41) is 0. The normalized spacial score (nSPS) is 13.1. The number of aromatic nitrogens is 1. The highest BCUT2D eigenvalue weighted by Gasteiger charge is 2.18. The molecular formula is C14H23NO. The van der Waals surface area contributed by atoms with Gasteiger partial charge >= 0.3 is 0 Å². The van der Waals surface area contributed by atoms with Gasteiger partial charge in [0.2, 0.25) is 0 Å². The van der Waals surface area contributed by atoms with E-state index in [0.29, 0.717) is 11.8 Å². The van der Waals surface area contributed by atoms with Gasteiger partial charge in [0.1, 0.15) is 0 Å². The van der Waals surface area contributed by atoms with Crippen molar-refractivity contribution in [2.45, 2.75) is 46.5 Å². The molecule has 0 N–H and O–H groups in total. The standard InChI is InChI=1S/C14H23NO/c1-6-11(4)14-12(7-10(2)3)8-15(5)13(14)9-16/h8-11H,6-7H2,1-5H3. The second kappa shape index (κ2) is 5.33. The fourth-order valence-electron chi connectivity index (χ4n) is 2.25. The first-order valence-corrected chi connectivity index (χ1v) is 6.14. The molecule has 1 rings (SSSR count). The van der Waals surface area contributed by atoms with Crippen LogP contribution in [-0.2, 0) is 13.5 Å². The van der Waals surface area contributed by atoms with Gasteiger partial charge in [-0.1, -0.05) is 27.7 Å². The lowest BCUT2D eigenvalue weighted by Crippen LogP contribution is -2.03. The summed E-state index contributed by atoms with van der Waals surface area (Å²) in [6.45, 7) is 8.81. The van der Waals surface area contributed by atoms with E-state index >= 15 is 0 Å². The van der Waals surface area contributed by atoms with E-state index in [1.165, 1.54) is 11.1 Å². The Morgan fingerprint density at radius 3 is 2.44 bits per heavy atom. The molecule has 2 heteroatoms. The molecule has 16 heavy (non-hydrogen) atoms. The number of aldehydes is 1. The average Bonchev–Trinajstić information content (AvgIpc) is 2.52. The lowest BCUT2D eigenvalue weighted by Gasteiger charge is -2.13. The van der Waals surface area contributed by atoms with E-state index in [2.05, 4.69) is 33.9 Å². The first-order chi connectivity index (χ1) is 7.51. The van der Waals surface area contributed by atoms with Crippen molar-refractivity contribution < 1.29 is 4.79 Å². The predicted molar refractivity (Wildman–Crippen MR) is 68.0 cm³/mol. The van der Waals surface area contributed by atoms with Crippen LogP contribution in [0.5, 0.6) is 0 Å². The van der Waals surface area contributed by atoms with Crippen LogP contribution in [0.3, 0.4) is 0 Å². The van der Waals surface area contributed by atoms with Crippen LogP contribution >= 0.6 is 0 Å². The largest absolute Gasteiger partial charge is 0.348 e. The van der Waals surface area contributed by atoms with E-state index in [-0.39, 0.29) is 0 Å². The van der Waals surface area contributed by atoms with Crippen molar-refractivity contribution in [2.24, 2.45) is 13.0 Å². The van der Waals surface area contributed by atoms with Crippen molar-refractivity contribution in [1.82, 2.24) is 4.57 Å². The van der Waals surface area contributed by atoms with E-state index in [0.717, 1.165) is 24.8 Å². The fourth-order valence-corrected chi connectivity index (χ4v) is 2.25. The Labute approximate surface area is 98.7 Å². The average molecular weight is 221 g/mol. The van der Waals surface area contributed by atoms with Gasteiger partial charge in [-0.25, -0.2) is 0 Å². The summed E-state index contributed by atoms with van der Waals surface area (Å²) < 4.78 is 1.96. The highest BCUT2D eigenvalue weighted by Crippen LogP contribution is 2.28. The van der Waals surface area contributed by atoms with Crippen molar-refractivity contribution in [1.29, 1.82) is 0 Å². The maximum absolute atomic E-state index is 11.1. The summed E-state index contributed by atoms with van der Waals surface area (Å²) in [6, 6.07) is 0. The van der Waals surface area contributed by atoms with Crippen LogP contribution in [0.25, 0.3) is 0 Å². The number of rotatable bonds is 5. The number of hydrogen-bond acceptors (Lipinski definition) is 1. The lowest BCUT2D eigenvalue weighted by molar-refractivity contribution is 0.111. The quantitative estimate of drug-likeness (QED) is 0.697. The lowest BCUT2D eigenvalue weighted by atomic mass is 9.91. The monoisotopic (exact) mass is 221 g/mol. The van der Waals surface area contributed by atoms with Crippen LogP contribution in [-0.4, -0.2) is 10.9 Å². The first kappa shape index (κ1) is 13.0. The van der Waals surface area contributed by atoms with E-state index in [1.54, 1.807) is 0 Å². The maximum Gasteiger partial charge on any atom is 0.166 e. The second-order valence-corrected chi connectivity index (χ2v) is 5.09. The van der Waals surface area contributed by atoms with Crippen molar-refractivity contribution >= 4 is 6.29 Å². The Hall–Kier alpha value is -1.05. The van der Waals surface area contributed by atoms with Crippen molar-refractivity contribution in [3.8, 4) is 0 Å². The van der Waals surface area contributed by atoms with Gasteiger partial charge in [0.25, 0.3) is 0 Å². The van der Waals surface area contributed by atoms with Crippen LogP contribution in [0.2, 0.25) is 0 Å². The molecule has 1 atom stereocenters. The van der Waals surface area contributed by atoms with Crippen LogP contribution in [0.1, 0.15) is 61.6 Å². The summed E-state index contributed by atoms with van der Waals surface area (Å²) in [4.78, 5) is 11.1. The zero-order valence-electron chi connectivity index (χ0n) is 11.1. The maximum atomic E-state index is 11.1. The van der Waals surface area contributed by atoms with Gasteiger partial charge in [-0.3, -0.25) is 4.79 Å². The highest BCUT2D eigenvalue weighted by molar-refractivity contribution is 5.76. The Bertz CT molecular complexity index is 363. The van der Waals surface area contributed by atoms with Gasteiger partial charge in [0.05, 0.1) is 5.69 Å². The second-order valence-electron chi connectivity index (χ2n) is 5.09. The van der Waals surface area contributed by atoms with Crippen molar-refractivity contribution in [3.05, 3.63) is 23.0 Å². The Balaban J connectivity index is 3.21. The Morgan fingerprint density at radius 2 is 2.00 bits per heavy atom. The molecule has 0 amide bonds. The van der Waals surface area contributed by atoms with E-state index in [9.17, 15) is 4.79 Å². The molecule has 0 aliphatic rings.